The van der Waals surface area contributed by atoms with Gasteiger partial charge in [-0.15, -0.1) is 0 Å². The summed E-state index contributed by atoms with van der Waals surface area (Å²) in [6, 6.07) is 20.5. The summed E-state index contributed by atoms with van der Waals surface area (Å²) in [5.41, 5.74) is 2.42. The van der Waals surface area contributed by atoms with E-state index in [1.165, 1.54) is 20.9 Å². The third-order valence-electron chi connectivity index (χ3n) is 5.57. The molecule has 4 heteroatoms. The van der Waals surface area contributed by atoms with E-state index in [2.05, 4.69) is 24.3 Å². The van der Waals surface area contributed by atoms with Crippen molar-refractivity contribution in [3.8, 4) is 0 Å². The van der Waals surface area contributed by atoms with Crippen molar-refractivity contribution in [1.82, 2.24) is 4.90 Å². The number of carbonyl (C=O) groups excluding carboxylic acids is 2. The highest BCUT2D eigenvalue weighted by Crippen LogP contribution is 2.34. The van der Waals surface area contributed by atoms with Crippen molar-refractivity contribution < 1.29 is 14.5 Å². The van der Waals surface area contributed by atoms with Gasteiger partial charge < -0.3 is 4.90 Å². The Morgan fingerprint density at radius 2 is 1.19 bits per heavy atom. The van der Waals surface area contributed by atoms with Gasteiger partial charge in [0, 0.05) is 11.1 Å². The second kappa shape index (κ2) is 7.89. The molecule has 2 aromatic rings. The molecule has 1 aliphatic heterocycles. The minimum Gasteiger partial charge on any atom is -0.310 e. The number of carbonyl (C=O) groups is 2. The number of nitrogens with one attached hydrogen (secondary N) is 1. The van der Waals surface area contributed by atoms with E-state index in [4.69, 9.17) is 0 Å². The summed E-state index contributed by atoms with van der Waals surface area (Å²) in [6.45, 7) is 1.98. The van der Waals surface area contributed by atoms with E-state index in [1.54, 1.807) is 0 Å². The van der Waals surface area contributed by atoms with Crippen molar-refractivity contribution in [2.45, 2.75) is 25.9 Å². The lowest BCUT2D eigenvalue weighted by atomic mass is 9.85. The monoisotopic (exact) mass is 361 g/mol. The van der Waals surface area contributed by atoms with Crippen molar-refractivity contribution in [3.63, 3.8) is 0 Å². The van der Waals surface area contributed by atoms with E-state index in [9.17, 15) is 9.59 Å². The van der Waals surface area contributed by atoms with Gasteiger partial charge in [-0.05, 0) is 12.8 Å². The molecule has 4 nitrogen and oxygen atoms in total. The Morgan fingerprint density at radius 1 is 0.741 bits per heavy atom. The van der Waals surface area contributed by atoms with Crippen LogP contribution in [-0.4, -0.2) is 23.4 Å². The molecule has 0 saturated carbocycles. The zero-order valence-corrected chi connectivity index (χ0v) is 15.4. The number of fused-ring (bicyclic) bond motifs is 1. The maximum atomic E-state index is 12.8. The lowest BCUT2D eigenvalue weighted by Crippen LogP contribution is -3.11. The zero-order valence-electron chi connectivity index (χ0n) is 15.4. The minimum atomic E-state index is -0.155. The van der Waals surface area contributed by atoms with Gasteiger partial charge in [-0.1, -0.05) is 72.8 Å². The molecule has 2 amide bonds. The van der Waals surface area contributed by atoms with Crippen LogP contribution >= 0.6 is 0 Å². The molecule has 0 unspecified atom stereocenters. The molecule has 0 aromatic heterocycles. The first-order chi connectivity index (χ1) is 13.2. The van der Waals surface area contributed by atoms with Crippen molar-refractivity contribution in [3.05, 3.63) is 83.9 Å². The van der Waals surface area contributed by atoms with Crippen LogP contribution in [0, 0.1) is 11.8 Å². The highest BCUT2D eigenvalue weighted by atomic mass is 16.2. The Balaban J connectivity index is 1.53. The van der Waals surface area contributed by atoms with Crippen LogP contribution in [0.1, 0.15) is 24.0 Å². The Bertz CT molecular complexity index is 764. The Morgan fingerprint density at radius 3 is 1.63 bits per heavy atom. The van der Waals surface area contributed by atoms with Crippen LogP contribution in [0.4, 0.5) is 0 Å². The van der Waals surface area contributed by atoms with Crippen LogP contribution in [0.15, 0.2) is 72.8 Å². The number of rotatable bonds is 6. The second-order valence-corrected chi connectivity index (χ2v) is 7.49. The molecule has 1 fully saturated rings. The predicted octanol–water partition coefficient (Wildman–Crippen LogP) is 2.18. The number of allylic oxidation sites excluding steroid dienone is 2. The fourth-order valence-electron chi connectivity index (χ4n) is 4.19. The summed E-state index contributed by atoms with van der Waals surface area (Å²) in [5, 5.41) is 0. The van der Waals surface area contributed by atoms with Crippen LogP contribution in [-0.2, 0) is 22.7 Å². The largest absolute Gasteiger partial charge is 0.310 e. The number of hydrogen-bond acceptors (Lipinski definition) is 2. The molecule has 1 N–H and O–H groups in total. The summed E-state index contributed by atoms with van der Waals surface area (Å²) >= 11 is 0. The molecule has 2 aromatic carbocycles. The van der Waals surface area contributed by atoms with E-state index in [1.807, 2.05) is 48.6 Å². The Hall–Kier alpha value is -2.72. The van der Waals surface area contributed by atoms with Crippen LogP contribution < -0.4 is 4.90 Å². The van der Waals surface area contributed by atoms with Gasteiger partial charge >= 0.3 is 0 Å². The van der Waals surface area contributed by atoms with Crippen molar-refractivity contribution in [1.29, 1.82) is 0 Å². The predicted molar refractivity (Wildman–Crippen MR) is 103 cm³/mol. The topological polar surface area (TPSA) is 41.8 Å². The van der Waals surface area contributed by atoms with Gasteiger partial charge in [0.15, 0.2) is 6.67 Å². The van der Waals surface area contributed by atoms with Gasteiger partial charge in [-0.2, -0.15) is 0 Å². The average Bonchev–Trinajstić information content (AvgIpc) is 2.95. The number of benzene rings is 2. The minimum absolute atomic E-state index is 0.00738. The second-order valence-electron chi connectivity index (χ2n) is 7.49. The Kier molecular flexibility index (Phi) is 5.16. The summed E-state index contributed by atoms with van der Waals surface area (Å²) in [7, 11) is 0. The van der Waals surface area contributed by atoms with Gasteiger partial charge in [-0.3, -0.25) is 9.59 Å². The summed E-state index contributed by atoms with van der Waals surface area (Å²) in [6.07, 6.45) is 5.46. The summed E-state index contributed by atoms with van der Waals surface area (Å²) in [5.74, 6) is -0.296. The zero-order chi connectivity index (χ0) is 18.6. The van der Waals surface area contributed by atoms with Crippen LogP contribution in [0.25, 0.3) is 0 Å². The van der Waals surface area contributed by atoms with Crippen LogP contribution in [0.5, 0.6) is 0 Å². The number of imide groups is 1. The molecular formula is C23H25N2O2+. The lowest BCUT2D eigenvalue weighted by Gasteiger charge is -2.24. The first-order valence-corrected chi connectivity index (χ1v) is 9.64. The molecule has 4 rings (SSSR count). The number of nitrogens with zero attached hydrogens (tertiary/aromatic N) is 1. The van der Waals surface area contributed by atoms with E-state index in [0.29, 0.717) is 19.5 Å². The molecule has 0 bridgehead atoms. The summed E-state index contributed by atoms with van der Waals surface area (Å²) in [4.78, 5) is 28.4. The smallest absolute Gasteiger partial charge is 0.237 e. The van der Waals surface area contributed by atoms with E-state index < -0.39 is 0 Å². The number of quaternary nitrogens is 1. The highest BCUT2D eigenvalue weighted by Gasteiger charge is 2.48. The number of amides is 2. The van der Waals surface area contributed by atoms with Gasteiger partial charge in [0.2, 0.25) is 11.8 Å². The fourth-order valence-corrected chi connectivity index (χ4v) is 4.19. The molecule has 0 spiro atoms. The van der Waals surface area contributed by atoms with Crippen LogP contribution in [0.2, 0.25) is 0 Å². The third kappa shape index (κ3) is 3.86. The standard InChI is InChI=1S/C23H24N2O2/c26-22-20-13-7-8-14-21(20)23(27)25(22)17-24(15-18-9-3-1-4-10-18)16-19-11-5-2-6-12-19/h1-12,20-21H,13-17H2/p+1/t20-,21+. The number of likely N-dealkylation sites (tertiary alicyclic amines) is 1. The maximum absolute atomic E-state index is 12.8. The van der Waals surface area contributed by atoms with E-state index in [0.717, 1.165) is 13.1 Å². The van der Waals surface area contributed by atoms with Gasteiger partial charge in [-0.25, -0.2) is 4.90 Å². The van der Waals surface area contributed by atoms with Crippen molar-refractivity contribution in [2.75, 3.05) is 6.67 Å². The number of hydrogen-bond donors (Lipinski definition) is 1. The van der Waals surface area contributed by atoms with Gasteiger partial charge in [0.1, 0.15) is 13.1 Å². The molecular weight excluding hydrogens is 336 g/mol. The molecule has 1 aliphatic carbocycles. The molecule has 1 saturated heterocycles. The van der Waals surface area contributed by atoms with E-state index >= 15 is 0 Å². The van der Waals surface area contributed by atoms with Crippen molar-refractivity contribution in [2.24, 2.45) is 11.8 Å². The molecule has 2 aliphatic rings. The molecule has 1 heterocycles. The third-order valence-corrected chi connectivity index (χ3v) is 5.57. The maximum Gasteiger partial charge on any atom is 0.237 e. The van der Waals surface area contributed by atoms with Gasteiger partial charge in [0.05, 0.1) is 11.8 Å². The SMILES string of the molecule is O=C1[C@H]2CC=CC[C@H]2C(=O)N1C[NH+](Cc1ccccc1)Cc1ccccc1. The summed E-state index contributed by atoms with van der Waals surface area (Å²) < 4.78 is 0. The normalized spacial score (nSPS) is 21.7. The van der Waals surface area contributed by atoms with Crippen molar-refractivity contribution >= 4 is 11.8 Å². The van der Waals surface area contributed by atoms with E-state index in [-0.39, 0.29) is 23.7 Å². The molecule has 27 heavy (non-hydrogen) atoms. The van der Waals surface area contributed by atoms with Crippen LogP contribution in [0.3, 0.4) is 0 Å². The first-order valence-electron chi connectivity index (χ1n) is 9.64. The Labute approximate surface area is 160 Å². The first kappa shape index (κ1) is 17.7. The molecule has 2 atom stereocenters. The fraction of sp³-hybridized carbons (Fsp3) is 0.304. The quantitative estimate of drug-likeness (QED) is 0.633. The highest BCUT2D eigenvalue weighted by molar-refractivity contribution is 6.05. The van der Waals surface area contributed by atoms with Gasteiger partial charge in [0.25, 0.3) is 0 Å². The molecule has 0 radical (unpaired) electrons. The lowest BCUT2D eigenvalue weighted by molar-refractivity contribution is -0.934. The molecule has 138 valence electrons. The average molecular weight is 361 g/mol.